The third kappa shape index (κ3) is 2.86. The van der Waals surface area contributed by atoms with Crippen LogP contribution in [0.4, 0.5) is 4.39 Å². The predicted octanol–water partition coefficient (Wildman–Crippen LogP) is 3.09. The first kappa shape index (κ1) is 15.0. The molecule has 110 valence electrons. The summed E-state index contributed by atoms with van der Waals surface area (Å²) in [4.78, 5) is 26.7. The standard InChI is InChI=1S/C16H16FNO3/c1-9(2)13-14(16(20)21-3)12(8-18-15(13)19)10-4-6-11(17)7-5-10/h4-9H,1-3H3,(H,18,19). The van der Waals surface area contributed by atoms with Crippen LogP contribution in [0.3, 0.4) is 0 Å². The lowest BCUT2D eigenvalue weighted by atomic mass is 9.92. The van der Waals surface area contributed by atoms with Crippen LogP contribution in [0.5, 0.6) is 0 Å². The number of H-pyrrole nitrogens is 1. The number of hydrogen-bond acceptors (Lipinski definition) is 3. The van der Waals surface area contributed by atoms with Crippen molar-refractivity contribution in [3.8, 4) is 11.1 Å². The molecule has 4 nitrogen and oxygen atoms in total. The number of halogens is 1. The van der Waals surface area contributed by atoms with Crippen LogP contribution >= 0.6 is 0 Å². The average Bonchev–Trinajstić information content (AvgIpc) is 2.46. The van der Waals surface area contributed by atoms with E-state index in [9.17, 15) is 14.0 Å². The number of ether oxygens (including phenoxy) is 1. The summed E-state index contributed by atoms with van der Waals surface area (Å²) in [7, 11) is 1.27. The number of rotatable bonds is 3. The summed E-state index contributed by atoms with van der Waals surface area (Å²) in [5.41, 5.74) is 1.42. The molecule has 0 atom stereocenters. The van der Waals surface area contributed by atoms with Gasteiger partial charge in [-0.3, -0.25) is 4.79 Å². The lowest BCUT2D eigenvalue weighted by Gasteiger charge is -2.14. The van der Waals surface area contributed by atoms with Crippen molar-refractivity contribution < 1.29 is 13.9 Å². The molecule has 0 fully saturated rings. The zero-order valence-electron chi connectivity index (χ0n) is 12.1. The van der Waals surface area contributed by atoms with Gasteiger partial charge >= 0.3 is 5.97 Å². The highest BCUT2D eigenvalue weighted by molar-refractivity contribution is 5.98. The number of hydrogen-bond donors (Lipinski definition) is 1. The van der Waals surface area contributed by atoms with Crippen LogP contribution in [-0.4, -0.2) is 18.1 Å². The Kier molecular flexibility index (Phi) is 4.21. The number of benzene rings is 1. The molecule has 0 saturated carbocycles. The van der Waals surface area contributed by atoms with Crippen LogP contribution in [0.25, 0.3) is 11.1 Å². The van der Waals surface area contributed by atoms with Gasteiger partial charge < -0.3 is 9.72 Å². The maximum absolute atomic E-state index is 13.0. The second-order valence-electron chi connectivity index (χ2n) is 4.97. The van der Waals surface area contributed by atoms with Crippen LogP contribution in [0, 0.1) is 5.82 Å². The van der Waals surface area contributed by atoms with E-state index in [4.69, 9.17) is 4.74 Å². The van der Waals surface area contributed by atoms with E-state index in [2.05, 4.69) is 4.98 Å². The van der Waals surface area contributed by atoms with Gasteiger partial charge in [0.05, 0.1) is 12.7 Å². The Hall–Kier alpha value is -2.43. The smallest absolute Gasteiger partial charge is 0.339 e. The summed E-state index contributed by atoms with van der Waals surface area (Å²) >= 11 is 0. The van der Waals surface area contributed by atoms with Crippen LogP contribution in [0.2, 0.25) is 0 Å². The minimum absolute atomic E-state index is 0.150. The lowest BCUT2D eigenvalue weighted by molar-refractivity contribution is 0.0599. The molecule has 1 heterocycles. The minimum atomic E-state index is -0.580. The number of pyridine rings is 1. The summed E-state index contributed by atoms with van der Waals surface area (Å²) in [5, 5.41) is 0. The van der Waals surface area contributed by atoms with E-state index in [1.54, 1.807) is 12.1 Å². The normalized spacial score (nSPS) is 10.7. The number of carbonyl (C=O) groups excluding carboxylic acids is 1. The van der Waals surface area contributed by atoms with E-state index in [1.165, 1.54) is 25.4 Å². The molecule has 1 aromatic carbocycles. The Morgan fingerprint density at radius 2 is 1.86 bits per heavy atom. The number of aromatic nitrogens is 1. The van der Waals surface area contributed by atoms with Crippen molar-refractivity contribution in [2.45, 2.75) is 19.8 Å². The Morgan fingerprint density at radius 1 is 1.24 bits per heavy atom. The van der Waals surface area contributed by atoms with Crippen LogP contribution < -0.4 is 5.56 Å². The molecular weight excluding hydrogens is 273 g/mol. The summed E-state index contributed by atoms with van der Waals surface area (Å²) in [6, 6.07) is 5.71. The van der Waals surface area contributed by atoms with Crippen molar-refractivity contribution in [1.29, 1.82) is 0 Å². The number of aromatic amines is 1. The van der Waals surface area contributed by atoms with Gasteiger partial charge in [-0.2, -0.15) is 0 Å². The second kappa shape index (κ2) is 5.91. The van der Waals surface area contributed by atoms with Crippen LogP contribution in [0.1, 0.15) is 35.7 Å². The molecule has 2 aromatic rings. The van der Waals surface area contributed by atoms with Crippen molar-refractivity contribution in [2.75, 3.05) is 7.11 Å². The molecule has 0 saturated heterocycles. The van der Waals surface area contributed by atoms with Gasteiger partial charge in [0.15, 0.2) is 0 Å². The summed E-state index contributed by atoms with van der Waals surface area (Å²) in [6.45, 7) is 3.65. The summed E-state index contributed by atoms with van der Waals surface area (Å²) in [6.07, 6.45) is 1.45. The Labute approximate surface area is 121 Å². The van der Waals surface area contributed by atoms with Gasteiger partial charge in [-0.15, -0.1) is 0 Å². The molecule has 0 spiro atoms. The molecule has 21 heavy (non-hydrogen) atoms. The van der Waals surface area contributed by atoms with Crippen molar-refractivity contribution >= 4 is 5.97 Å². The maximum Gasteiger partial charge on any atom is 0.339 e. The van der Waals surface area contributed by atoms with Crippen molar-refractivity contribution in [2.24, 2.45) is 0 Å². The fraction of sp³-hybridized carbons (Fsp3) is 0.250. The van der Waals surface area contributed by atoms with Crippen molar-refractivity contribution in [3.63, 3.8) is 0 Å². The van der Waals surface area contributed by atoms with E-state index in [-0.39, 0.29) is 22.9 Å². The first-order valence-electron chi connectivity index (χ1n) is 6.55. The number of esters is 1. The molecule has 1 N–H and O–H groups in total. The highest BCUT2D eigenvalue weighted by atomic mass is 19.1. The Bertz CT molecular complexity index is 717. The molecule has 0 aliphatic carbocycles. The third-order valence-corrected chi connectivity index (χ3v) is 3.25. The topological polar surface area (TPSA) is 59.2 Å². The summed E-state index contributed by atoms with van der Waals surface area (Å²) < 4.78 is 17.9. The zero-order valence-corrected chi connectivity index (χ0v) is 12.1. The van der Waals surface area contributed by atoms with Gasteiger partial charge in [-0.05, 0) is 23.6 Å². The predicted molar refractivity (Wildman–Crippen MR) is 77.9 cm³/mol. The second-order valence-corrected chi connectivity index (χ2v) is 4.97. The van der Waals surface area contributed by atoms with Gasteiger partial charge in [0.25, 0.3) is 5.56 Å². The molecule has 0 amide bonds. The molecular formula is C16H16FNO3. The Morgan fingerprint density at radius 3 is 2.38 bits per heavy atom. The fourth-order valence-corrected chi connectivity index (χ4v) is 2.28. The molecule has 2 rings (SSSR count). The van der Waals surface area contributed by atoms with E-state index >= 15 is 0 Å². The van der Waals surface area contributed by atoms with Gasteiger partial charge in [0, 0.05) is 17.3 Å². The van der Waals surface area contributed by atoms with E-state index in [0.29, 0.717) is 16.7 Å². The average molecular weight is 289 g/mol. The molecule has 0 radical (unpaired) electrons. The molecule has 1 aromatic heterocycles. The SMILES string of the molecule is COC(=O)c1c(-c2ccc(F)cc2)c[nH]c(=O)c1C(C)C. The van der Waals surface area contributed by atoms with Gasteiger partial charge in [0.1, 0.15) is 5.82 Å². The van der Waals surface area contributed by atoms with E-state index in [1.807, 2.05) is 13.8 Å². The van der Waals surface area contributed by atoms with Gasteiger partial charge in [-0.1, -0.05) is 26.0 Å². The maximum atomic E-state index is 13.0. The van der Waals surface area contributed by atoms with E-state index < -0.39 is 5.97 Å². The zero-order chi connectivity index (χ0) is 15.6. The third-order valence-electron chi connectivity index (χ3n) is 3.25. The molecule has 0 aliphatic rings. The fourth-order valence-electron chi connectivity index (χ4n) is 2.28. The molecule has 0 unspecified atom stereocenters. The first-order chi connectivity index (χ1) is 9.95. The monoisotopic (exact) mass is 289 g/mol. The van der Waals surface area contributed by atoms with Crippen LogP contribution in [0.15, 0.2) is 35.3 Å². The number of carbonyl (C=O) groups is 1. The highest BCUT2D eigenvalue weighted by Gasteiger charge is 2.23. The first-order valence-corrected chi connectivity index (χ1v) is 6.55. The lowest BCUT2D eigenvalue weighted by Crippen LogP contribution is -2.21. The largest absolute Gasteiger partial charge is 0.465 e. The van der Waals surface area contributed by atoms with Gasteiger partial charge in [-0.25, -0.2) is 9.18 Å². The molecule has 0 bridgehead atoms. The molecule has 5 heteroatoms. The quantitative estimate of drug-likeness (QED) is 0.883. The van der Waals surface area contributed by atoms with Gasteiger partial charge in [0.2, 0.25) is 0 Å². The van der Waals surface area contributed by atoms with Crippen molar-refractivity contribution in [1.82, 2.24) is 4.98 Å². The minimum Gasteiger partial charge on any atom is -0.465 e. The number of nitrogens with one attached hydrogen (secondary N) is 1. The molecule has 0 aliphatic heterocycles. The van der Waals surface area contributed by atoms with Crippen LogP contribution in [-0.2, 0) is 4.74 Å². The van der Waals surface area contributed by atoms with E-state index in [0.717, 1.165) is 0 Å². The highest BCUT2D eigenvalue weighted by Crippen LogP contribution is 2.28. The summed E-state index contributed by atoms with van der Waals surface area (Å²) in [5.74, 6) is -1.10. The Balaban J connectivity index is 2.77. The van der Waals surface area contributed by atoms with Crippen molar-refractivity contribution in [3.05, 3.63) is 57.8 Å². The number of methoxy groups -OCH3 is 1.